The molecular weight excluding hydrogens is 337 g/mol. The number of benzene rings is 2. The quantitative estimate of drug-likeness (QED) is 0.712. The first-order valence-corrected chi connectivity index (χ1v) is 8.22. The minimum Gasteiger partial charge on any atom is -0.313 e. The molecule has 0 heterocycles. The molecule has 1 nitrogen and oxygen atoms in total. The Morgan fingerprint density at radius 3 is 2.75 bits per heavy atom. The Morgan fingerprint density at radius 2 is 2.00 bits per heavy atom. The van der Waals surface area contributed by atoms with E-state index in [1.807, 2.05) is 30.3 Å². The summed E-state index contributed by atoms with van der Waals surface area (Å²) in [7, 11) is 0. The van der Waals surface area contributed by atoms with Gasteiger partial charge in [0.05, 0.1) is 0 Å². The summed E-state index contributed by atoms with van der Waals surface area (Å²) in [6.45, 7) is 3.77. The van der Waals surface area contributed by atoms with Crippen LogP contribution in [0.1, 0.15) is 18.9 Å². The van der Waals surface area contributed by atoms with Crippen molar-refractivity contribution in [1.82, 2.24) is 5.32 Å². The van der Waals surface area contributed by atoms with Crippen LogP contribution in [0.25, 0.3) is 0 Å². The maximum Gasteiger partial charge on any atom is 0.124 e. The van der Waals surface area contributed by atoms with Gasteiger partial charge in [0.25, 0.3) is 0 Å². The summed E-state index contributed by atoms with van der Waals surface area (Å²) in [4.78, 5) is 2.01. The predicted molar refractivity (Wildman–Crippen MR) is 86.7 cm³/mol. The SMILES string of the molecule is CCCNCc1cc(F)cc(Sc2ccccc2Br)c1. The van der Waals surface area contributed by atoms with Crippen LogP contribution < -0.4 is 5.32 Å². The summed E-state index contributed by atoms with van der Waals surface area (Å²) in [5.74, 6) is -0.185. The number of rotatable bonds is 6. The van der Waals surface area contributed by atoms with Crippen molar-refractivity contribution in [2.75, 3.05) is 6.54 Å². The summed E-state index contributed by atoms with van der Waals surface area (Å²) in [5, 5.41) is 3.30. The fraction of sp³-hybridized carbons (Fsp3) is 0.250. The van der Waals surface area contributed by atoms with Crippen molar-refractivity contribution < 1.29 is 4.39 Å². The van der Waals surface area contributed by atoms with Crippen molar-refractivity contribution in [2.24, 2.45) is 0 Å². The summed E-state index contributed by atoms with van der Waals surface area (Å²) in [6, 6.07) is 13.2. The van der Waals surface area contributed by atoms with Gasteiger partial charge in [-0.15, -0.1) is 0 Å². The van der Waals surface area contributed by atoms with Crippen LogP contribution in [0.3, 0.4) is 0 Å². The van der Waals surface area contributed by atoms with Crippen LogP contribution in [0.5, 0.6) is 0 Å². The van der Waals surface area contributed by atoms with E-state index in [1.54, 1.807) is 23.9 Å². The Balaban J connectivity index is 2.13. The molecule has 0 aliphatic heterocycles. The van der Waals surface area contributed by atoms with Crippen LogP contribution >= 0.6 is 27.7 Å². The molecule has 0 unspecified atom stereocenters. The number of halogens is 2. The van der Waals surface area contributed by atoms with Crippen LogP contribution in [0.15, 0.2) is 56.7 Å². The van der Waals surface area contributed by atoms with Gasteiger partial charge >= 0.3 is 0 Å². The van der Waals surface area contributed by atoms with Gasteiger partial charge in [-0.3, -0.25) is 0 Å². The first kappa shape index (κ1) is 15.5. The van der Waals surface area contributed by atoms with Gasteiger partial charge in [0.1, 0.15) is 5.82 Å². The van der Waals surface area contributed by atoms with Gasteiger partial charge in [0.15, 0.2) is 0 Å². The maximum absolute atomic E-state index is 13.7. The predicted octanol–water partition coefficient (Wildman–Crippen LogP) is 5.24. The lowest BCUT2D eigenvalue weighted by Crippen LogP contribution is -2.13. The van der Waals surface area contributed by atoms with E-state index < -0.39 is 0 Å². The second-order valence-corrected chi connectivity index (χ2v) is 6.47. The van der Waals surface area contributed by atoms with Crippen LogP contribution in [0, 0.1) is 5.82 Å². The lowest BCUT2D eigenvalue weighted by molar-refractivity contribution is 0.615. The molecule has 2 rings (SSSR count). The highest BCUT2D eigenvalue weighted by molar-refractivity contribution is 9.10. The Kier molecular flexibility index (Phi) is 6.07. The molecule has 4 heteroatoms. The molecule has 20 heavy (non-hydrogen) atoms. The highest BCUT2D eigenvalue weighted by atomic mass is 79.9. The van der Waals surface area contributed by atoms with E-state index in [0.29, 0.717) is 6.54 Å². The topological polar surface area (TPSA) is 12.0 Å². The average molecular weight is 354 g/mol. The van der Waals surface area contributed by atoms with Gasteiger partial charge < -0.3 is 5.32 Å². The van der Waals surface area contributed by atoms with Crippen molar-refractivity contribution in [1.29, 1.82) is 0 Å². The molecule has 0 saturated carbocycles. The lowest BCUT2D eigenvalue weighted by atomic mass is 10.2. The first-order chi connectivity index (χ1) is 9.69. The minimum absolute atomic E-state index is 0.185. The van der Waals surface area contributed by atoms with E-state index in [4.69, 9.17) is 0 Å². The summed E-state index contributed by atoms with van der Waals surface area (Å²) >= 11 is 5.08. The normalized spacial score (nSPS) is 10.8. The second kappa shape index (κ2) is 7.81. The van der Waals surface area contributed by atoms with Crippen LogP contribution in [0.2, 0.25) is 0 Å². The lowest BCUT2D eigenvalue weighted by Gasteiger charge is -2.08. The fourth-order valence-electron chi connectivity index (χ4n) is 1.85. The highest BCUT2D eigenvalue weighted by Gasteiger charge is 2.05. The average Bonchev–Trinajstić information content (AvgIpc) is 2.41. The molecule has 1 N–H and O–H groups in total. The van der Waals surface area contributed by atoms with E-state index in [9.17, 15) is 4.39 Å². The maximum atomic E-state index is 13.7. The van der Waals surface area contributed by atoms with Gasteiger partial charge in [-0.1, -0.05) is 30.8 Å². The largest absolute Gasteiger partial charge is 0.313 e. The zero-order valence-corrected chi connectivity index (χ0v) is 13.7. The van der Waals surface area contributed by atoms with E-state index in [-0.39, 0.29) is 5.82 Å². The van der Waals surface area contributed by atoms with Crippen molar-refractivity contribution in [3.8, 4) is 0 Å². The molecule has 0 fully saturated rings. The molecule has 0 aliphatic carbocycles. The van der Waals surface area contributed by atoms with Crippen molar-refractivity contribution in [3.63, 3.8) is 0 Å². The van der Waals surface area contributed by atoms with E-state index in [2.05, 4.69) is 28.2 Å². The molecule has 0 aromatic heterocycles. The molecule has 0 spiro atoms. The monoisotopic (exact) mass is 353 g/mol. The Morgan fingerprint density at radius 1 is 1.20 bits per heavy atom. The fourth-order valence-corrected chi connectivity index (χ4v) is 3.32. The van der Waals surface area contributed by atoms with Gasteiger partial charge in [-0.05, 0) is 64.8 Å². The number of nitrogens with one attached hydrogen (secondary N) is 1. The third-order valence-corrected chi connectivity index (χ3v) is 4.75. The molecule has 2 aromatic rings. The molecule has 106 valence electrons. The Labute approximate surface area is 132 Å². The van der Waals surface area contributed by atoms with Gasteiger partial charge in [0.2, 0.25) is 0 Å². The summed E-state index contributed by atoms with van der Waals surface area (Å²) in [6.07, 6.45) is 1.08. The van der Waals surface area contributed by atoms with Crippen molar-refractivity contribution >= 4 is 27.7 Å². The summed E-state index contributed by atoms with van der Waals surface area (Å²) in [5.41, 5.74) is 0.980. The Bertz CT molecular complexity index is 574. The van der Waals surface area contributed by atoms with E-state index >= 15 is 0 Å². The van der Waals surface area contributed by atoms with Crippen molar-refractivity contribution in [2.45, 2.75) is 29.7 Å². The second-order valence-electron chi connectivity index (χ2n) is 4.50. The van der Waals surface area contributed by atoms with Gasteiger partial charge in [-0.2, -0.15) is 0 Å². The molecule has 0 atom stereocenters. The number of hydrogen-bond donors (Lipinski definition) is 1. The molecular formula is C16H17BrFNS. The first-order valence-electron chi connectivity index (χ1n) is 6.61. The number of hydrogen-bond acceptors (Lipinski definition) is 2. The van der Waals surface area contributed by atoms with Gasteiger partial charge in [-0.25, -0.2) is 4.39 Å². The van der Waals surface area contributed by atoms with Crippen LogP contribution in [-0.4, -0.2) is 6.54 Å². The van der Waals surface area contributed by atoms with Crippen LogP contribution in [0.4, 0.5) is 4.39 Å². The molecule has 0 amide bonds. The van der Waals surface area contributed by atoms with E-state index in [0.717, 1.165) is 32.8 Å². The summed E-state index contributed by atoms with van der Waals surface area (Å²) < 4.78 is 14.7. The standard InChI is InChI=1S/C16H17BrFNS/c1-2-7-19-11-12-8-13(18)10-14(9-12)20-16-6-4-3-5-15(16)17/h3-6,8-10,19H,2,7,11H2,1H3. The molecule has 0 saturated heterocycles. The zero-order chi connectivity index (χ0) is 14.4. The van der Waals surface area contributed by atoms with Crippen LogP contribution in [-0.2, 0) is 6.54 Å². The molecule has 0 aliphatic rings. The third kappa shape index (κ3) is 4.62. The van der Waals surface area contributed by atoms with Gasteiger partial charge in [0, 0.05) is 20.8 Å². The van der Waals surface area contributed by atoms with E-state index in [1.165, 1.54) is 0 Å². The smallest absolute Gasteiger partial charge is 0.124 e. The Hall–Kier alpha value is -0.840. The highest BCUT2D eigenvalue weighted by Crippen LogP contribution is 2.34. The molecule has 0 bridgehead atoms. The van der Waals surface area contributed by atoms with Crippen molar-refractivity contribution in [3.05, 3.63) is 58.3 Å². The molecule has 0 radical (unpaired) electrons. The molecule has 2 aromatic carbocycles. The third-order valence-electron chi connectivity index (χ3n) is 2.75. The minimum atomic E-state index is -0.185. The zero-order valence-electron chi connectivity index (χ0n) is 11.3.